The van der Waals surface area contributed by atoms with Crippen LogP contribution >= 0.6 is 11.8 Å². The number of hydrogen-bond donors (Lipinski definition) is 0. The first-order chi connectivity index (χ1) is 15.6. The van der Waals surface area contributed by atoms with E-state index in [0.717, 1.165) is 43.6 Å². The van der Waals surface area contributed by atoms with Gasteiger partial charge in [-0.05, 0) is 50.8 Å². The molecule has 176 valence electrons. The fourth-order valence-corrected chi connectivity index (χ4v) is 6.96. The molecule has 1 saturated carbocycles. The van der Waals surface area contributed by atoms with E-state index in [9.17, 15) is 4.79 Å². The summed E-state index contributed by atoms with van der Waals surface area (Å²) in [5.41, 5.74) is 1.10. The molecule has 5 rings (SSSR count). The SMILES string of the molecule is CCOc1ccc2c(c1)[C@H](SCC(=O)N1CCC3(CC1)OCCO3)CC1(CCCCC1)O2. The molecule has 3 fully saturated rings. The predicted octanol–water partition coefficient (Wildman–Crippen LogP) is 4.71. The molecule has 0 bridgehead atoms. The van der Waals surface area contributed by atoms with Gasteiger partial charge in [-0.1, -0.05) is 6.42 Å². The van der Waals surface area contributed by atoms with Crippen molar-refractivity contribution in [2.24, 2.45) is 0 Å². The number of rotatable bonds is 5. The highest BCUT2D eigenvalue weighted by atomic mass is 32.2. The minimum atomic E-state index is -0.438. The van der Waals surface area contributed by atoms with E-state index in [1.165, 1.54) is 24.8 Å². The van der Waals surface area contributed by atoms with E-state index >= 15 is 0 Å². The quantitative estimate of drug-likeness (QED) is 0.633. The van der Waals surface area contributed by atoms with Gasteiger partial charge in [0.25, 0.3) is 0 Å². The molecular weight excluding hydrogens is 426 g/mol. The minimum absolute atomic E-state index is 0.0756. The van der Waals surface area contributed by atoms with Gasteiger partial charge in [0.15, 0.2) is 5.79 Å². The van der Waals surface area contributed by atoms with Crippen molar-refractivity contribution in [2.75, 3.05) is 38.7 Å². The van der Waals surface area contributed by atoms with E-state index < -0.39 is 5.79 Å². The van der Waals surface area contributed by atoms with E-state index in [1.54, 1.807) is 11.8 Å². The van der Waals surface area contributed by atoms with Crippen LogP contribution in [0.1, 0.15) is 69.1 Å². The normalized spacial score (nSPS) is 26.0. The summed E-state index contributed by atoms with van der Waals surface area (Å²) in [6, 6.07) is 6.20. The van der Waals surface area contributed by atoms with Gasteiger partial charge >= 0.3 is 0 Å². The number of ether oxygens (including phenoxy) is 4. The number of carbonyl (C=O) groups is 1. The van der Waals surface area contributed by atoms with Crippen molar-refractivity contribution < 1.29 is 23.7 Å². The Kier molecular flexibility index (Phi) is 6.59. The number of carbonyl (C=O) groups excluding carboxylic acids is 1. The molecule has 3 aliphatic heterocycles. The Balaban J connectivity index is 1.26. The lowest BCUT2D eigenvalue weighted by atomic mass is 9.78. The molecule has 2 saturated heterocycles. The molecule has 1 aliphatic carbocycles. The van der Waals surface area contributed by atoms with Gasteiger partial charge in [0.1, 0.15) is 17.1 Å². The van der Waals surface area contributed by atoms with Crippen LogP contribution in [0.2, 0.25) is 0 Å². The van der Waals surface area contributed by atoms with E-state index in [2.05, 4.69) is 12.1 Å². The summed E-state index contributed by atoms with van der Waals surface area (Å²) in [5, 5.41) is 0.249. The van der Waals surface area contributed by atoms with Gasteiger partial charge in [-0.3, -0.25) is 4.79 Å². The number of piperidine rings is 1. The highest BCUT2D eigenvalue weighted by Crippen LogP contribution is 2.51. The Bertz CT molecular complexity index is 809. The van der Waals surface area contributed by atoms with E-state index in [4.69, 9.17) is 18.9 Å². The van der Waals surface area contributed by atoms with Crippen LogP contribution in [-0.4, -0.2) is 60.9 Å². The lowest BCUT2D eigenvalue weighted by molar-refractivity contribution is -0.186. The molecule has 1 atom stereocenters. The van der Waals surface area contributed by atoms with Crippen LogP contribution in [0.4, 0.5) is 0 Å². The average molecular weight is 462 g/mol. The third-order valence-electron chi connectivity index (χ3n) is 7.39. The monoisotopic (exact) mass is 461 g/mol. The highest BCUT2D eigenvalue weighted by molar-refractivity contribution is 8.00. The average Bonchev–Trinajstić information content (AvgIpc) is 3.26. The van der Waals surface area contributed by atoms with Crippen molar-refractivity contribution in [2.45, 2.75) is 74.9 Å². The Morgan fingerprint density at radius 2 is 1.88 bits per heavy atom. The summed E-state index contributed by atoms with van der Waals surface area (Å²) in [6.45, 7) is 5.40. The maximum atomic E-state index is 13.1. The Morgan fingerprint density at radius 1 is 1.12 bits per heavy atom. The van der Waals surface area contributed by atoms with E-state index in [1.807, 2.05) is 17.9 Å². The zero-order valence-corrected chi connectivity index (χ0v) is 19.9. The Hall–Kier alpha value is -1.44. The van der Waals surface area contributed by atoms with Gasteiger partial charge in [-0.15, -0.1) is 11.8 Å². The van der Waals surface area contributed by atoms with Crippen molar-refractivity contribution in [3.8, 4) is 11.5 Å². The van der Waals surface area contributed by atoms with E-state index in [0.29, 0.717) is 38.7 Å². The first-order valence-corrected chi connectivity index (χ1v) is 13.3. The van der Waals surface area contributed by atoms with Crippen molar-refractivity contribution in [1.82, 2.24) is 4.90 Å². The number of fused-ring (bicyclic) bond motifs is 1. The lowest BCUT2D eigenvalue weighted by Crippen LogP contribution is -2.48. The minimum Gasteiger partial charge on any atom is -0.494 e. The number of nitrogens with zero attached hydrogens (tertiary/aromatic N) is 1. The third kappa shape index (κ3) is 4.62. The molecule has 1 aromatic rings. The molecule has 1 amide bonds. The van der Waals surface area contributed by atoms with Gasteiger partial charge in [-0.2, -0.15) is 0 Å². The first-order valence-electron chi connectivity index (χ1n) is 12.2. The molecule has 32 heavy (non-hydrogen) atoms. The standard InChI is InChI=1S/C25H35NO5S/c1-2-28-19-6-7-21-20(16-19)22(17-24(31-21)8-4-3-5-9-24)32-18-23(27)26-12-10-25(11-13-26)29-14-15-30-25/h6-7,16,22H,2-5,8-15,17-18H2,1H3/t22-/m1/s1. The number of benzene rings is 1. The topological polar surface area (TPSA) is 57.2 Å². The lowest BCUT2D eigenvalue weighted by Gasteiger charge is -2.44. The smallest absolute Gasteiger partial charge is 0.232 e. The van der Waals surface area contributed by atoms with Crippen LogP contribution in [0.15, 0.2) is 18.2 Å². The molecule has 2 spiro atoms. The summed E-state index contributed by atoms with van der Waals surface area (Å²) >= 11 is 1.77. The van der Waals surface area contributed by atoms with Crippen LogP contribution in [-0.2, 0) is 14.3 Å². The molecule has 1 aromatic carbocycles. The zero-order valence-electron chi connectivity index (χ0n) is 19.1. The summed E-state index contributed by atoms with van der Waals surface area (Å²) in [6.07, 6.45) is 8.47. The molecule has 7 heteroatoms. The van der Waals surface area contributed by atoms with Gasteiger partial charge in [-0.25, -0.2) is 0 Å². The summed E-state index contributed by atoms with van der Waals surface area (Å²) in [4.78, 5) is 15.0. The fourth-order valence-electron chi connectivity index (χ4n) is 5.65. The zero-order chi connectivity index (χ0) is 22.0. The van der Waals surface area contributed by atoms with Gasteiger partial charge in [0.05, 0.1) is 25.6 Å². The molecule has 0 N–H and O–H groups in total. The third-order valence-corrected chi connectivity index (χ3v) is 8.62. The number of thioether (sulfide) groups is 1. The van der Waals surface area contributed by atoms with Crippen molar-refractivity contribution >= 4 is 17.7 Å². The van der Waals surface area contributed by atoms with Gasteiger partial charge in [0.2, 0.25) is 5.91 Å². The second kappa shape index (κ2) is 9.43. The van der Waals surface area contributed by atoms with Crippen molar-refractivity contribution in [1.29, 1.82) is 0 Å². The predicted molar refractivity (Wildman–Crippen MR) is 124 cm³/mol. The fraction of sp³-hybridized carbons (Fsp3) is 0.720. The molecule has 0 unspecified atom stereocenters. The van der Waals surface area contributed by atoms with E-state index in [-0.39, 0.29) is 16.8 Å². The molecular formula is C25H35NO5S. The Morgan fingerprint density at radius 3 is 2.59 bits per heavy atom. The first kappa shape index (κ1) is 22.4. The largest absolute Gasteiger partial charge is 0.494 e. The maximum Gasteiger partial charge on any atom is 0.232 e. The molecule has 0 radical (unpaired) electrons. The number of likely N-dealkylation sites (tertiary alicyclic amines) is 1. The van der Waals surface area contributed by atoms with Crippen LogP contribution in [0.25, 0.3) is 0 Å². The summed E-state index contributed by atoms with van der Waals surface area (Å²) in [5.74, 6) is 2.13. The molecule has 0 aromatic heterocycles. The second-order valence-corrected chi connectivity index (χ2v) is 10.7. The van der Waals surface area contributed by atoms with Gasteiger partial charge in [0, 0.05) is 43.2 Å². The summed E-state index contributed by atoms with van der Waals surface area (Å²) in [7, 11) is 0. The van der Waals surface area contributed by atoms with Gasteiger partial charge < -0.3 is 23.8 Å². The van der Waals surface area contributed by atoms with Crippen LogP contribution in [0.3, 0.4) is 0 Å². The molecule has 4 aliphatic rings. The maximum absolute atomic E-state index is 13.1. The molecule has 6 nitrogen and oxygen atoms in total. The highest BCUT2D eigenvalue weighted by Gasteiger charge is 2.43. The summed E-state index contributed by atoms with van der Waals surface area (Å²) < 4.78 is 24.0. The Labute approximate surface area is 195 Å². The number of amides is 1. The van der Waals surface area contributed by atoms with Crippen LogP contribution < -0.4 is 9.47 Å². The number of hydrogen-bond acceptors (Lipinski definition) is 6. The van der Waals surface area contributed by atoms with Crippen LogP contribution in [0.5, 0.6) is 11.5 Å². The van der Waals surface area contributed by atoms with Crippen molar-refractivity contribution in [3.63, 3.8) is 0 Å². The molecule has 3 heterocycles. The van der Waals surface area contributed by atoms with Crippen molar-refractivity contribution in [3.05, 3.63) is 23.8 Å². The van der Waals surface area contributed by atoms with Crippen LogP contribution in [0, 0.1) is 0 Å². The second-order valence-electron chi connectivity index (χ2n) is 9.47.